The molecule has 0 aliphatic carbocycles. The van der Waals surface area contributed by atoms with Crippen molar-refractivity contribution in [2.24, 2.45) is 0 Å². The van der Waals surface area contributed by atoms with E-state index in [0.29, 0.717) is 22.9 Å². The molecule has 0 radical (unpaired) electrons. The van der Waals surface area contributed by atoms with Crippen LogP contribution in [-0.4, -0.2) is 54.8 Å². The Labute approximate surface area is 132 Å². The molecule has 0 aromatic heterocycles. The summed E-state index contributed by atoms with van der Waals surface area (Å²) in [6.07, 6.45) is 1.99. The van der Waals surface area contributed by atoms with E-state index >= 15 is 0 Å². The minimum absolute atomic E-state index is 0.0329. The van der Waals surface area contributed by atoms with Crippen molar-refractivity contribution in [2.45, 2.75) is 6.10 Å². The predicted octanol–water partition coefficient (Wildman–Crippen LogP) is 1.67. The summed E-state index contributed by atoms with van der Waals surface area (Å²) in [5.74, 6) is -0.756. The van der Waals surface area contributed by atoms with Crippen LogP contribution in [-0.2, 0) is 14.3 Å². The molecule has 2 rings (SSSR count). The van der Waals surface area contributed by atoms with Crippen LogP contribution in [0.2, 0.25) is 5.02 Å². The Hall–Kier alpha value is -2.05. The number of aliphatic carboxylic acids is 1. The first-order valence-corrected chi connectivity index (χ1v) is 7.04. The van der Waals surface area contributed by atoms with E-state index < -0.39 is 12.1 Å². The van der Waals surface area contributed by atoms with Gasteiger partial charge in [-0.15, -0.1) is 0 Å². The van der Waals surface area contributed by atoms with Crippen LogP contribution in [0.15, 0.2) is 24.3 Å². The SMILES string of the molecule is COc1ccc(Cl)cc1C=CC(=O)N1CCOC(C(=O)O)C1. The number of morpholine rings is 1. The van der Waals surface area contributed by atoms with Gasteiger partial charge >= 0.3 is 5.97 Å². The molecule has 1 unspecified atom stereocenters. The summed E-state index contributed by atoms with van der Waals surface area (Å²) in [5.41, 5.74) is 0.673. The standard InChI is InChI=1S/C15H16ClNO5/c1-21-12-4-3-11(16)8-10(12)2-5-14(18)17-6-7-22-13(9-17)15(19)20/h2-5,8,13H,6-7,9H2,1H3,(H,19,20). The van der Waals surface area contributed by atoms with Crippen LogP contribution in [0.25, 0.3) is 6.08 Å². The maximum absolute atomic E-state index is 12.1. The van der Waals surface area contributed by atoms with Gasteiger partial charge in [-0.3, -0.25) is 4.79 Å². The van der Waals surface area contributed by atoms with Gasteiger partial charge in [-0.05, 0) is 24.3 Å². The van der Waals surface area contributed by atoms with Crippen molar-refractivity contribution < 1.29 is 24.2 Å². The first-order valence-electron chi connectivity index (χ1n) is 6.66. The first kappa shape index (κ1) is 16.3. The Morgan fingerprint density at radius 3 is 2.95 bits per heavy atom. The number of nitrogens with zero attached hydrogens (tertiary/aromatic N) is 1. The third-order valence-electron chi connectivity index (χ3n) is 3.25. The van der Waals surface area contributed by atoms with Crippen LogP contribution in [0.4, 0.5) is 0 Å². The van der Waals surface area contributed by atoms with E-state index in [1.54, 1.807) is 24.3 Å². The minimum atomic E-state index is -1.07. The smallest absolute Gasteiger partial charge is 0.334 e. The van der Waals surface area contributed by atoms with Gasteiger partial charge in [0, 0.05) is 23.2 Å². The largest absolute Gasteiger partial charge is 0.496 e. The van der Waals surface area contributed by atoms with Crippen molar-refractivity contribution >= 4 is 29.6 Å². The highest BCUT2D eigenvalue weighted by atomic mass is 35.5. The molecule has 1 aliphatic rings. The summed E-state index contributed by atoms with van der Waals surface area (Å²) >= 11 is 5.93. The van der Waals surface area contributed by atoms with E-state index in [-0.39, 0.29) is 19.1 Å². The Morgan fingerprint density at radius 1 is 1.50 bits per heavy atom. The van der Waals surface area contributed by atoms with Gasteiger partial charge in [-0.2, -0.15) is 0 Å². The summed E-state index contributed by atoms with van der Waals surface area (Å²) < 4.78 is 10.3. The van der Waals surface area contributed by atoms with Crippen molar-refractivity contribution in [3.63, 3.8) is 0 Å². The molecule has 1 fully saturated rings. The minimum Gasteiger partial charge on any atom is -0.496 e. The molecule has 1 saturated heterocycles. The summed E-state index contributed by atoms with van der Waals surface area (Å²) in [7, 11) is 1.53. The molecule has 1 atom stereocenters. The fraction of sp³-hybridized carbons (Fsp3) is 0.333. The zero-order valence-corrected chi connectivity index (χ0v) is 12.7. The number of carboxylic acids is 1. The summed E-state index contributed by atoms with van der Waals surface area (Å²) in [6.45, 7) is 0.599. The van der Waals surface area contributed by atoms with Crippen LogP contribution in [0, 0.1) is 0 Å². The van der Waals surface area contributed by atoms with Gasteiger partial charge in [0.05, 0.1) is 20.3 Å². The number of hydrogen-bond donors (Lipinski definition) is 1. The zero-order valence-electron chi connectivity index (χ0n) is 12.0. The molecule has 22 heavy (non-hydrogen) atoms. The molecule has 6 nitrogen and oxygen atoms in total. The van der Waals surface area contributed by atoms with E-state index in [4.69, 9.17) is 26.2 Å². The Balaban J connectivity index is 2.08. The number of carboxylic acid groups (broad SMARTS) is 1. The predicted molar refractivity (Wildman–Crippen MR) is 81.0 cm³/mol. The molecular weight excluding hydrogens is 310 g/mol. The number of rotatable bonds is 4. The van der Waals surface area contributed by atoms with Crippen molar-refractivity contribution in [1.29, 1.82) is 0 Å². The highest BCUT2D eigenvalue weighted by Gasteiger charge is 2.27. The third-order valence-corrected chi connectivity index (χ3v) is 3.49. The second-order valence-corrected chi connectivity index (χ2v) is 5.14. The zero-order chi connectivity index (χ0) is 16.1. The number of ether oxygens (including phenoxy) is 2. The van der Waals surface area contributed by atoms with Gasteiger partial charge in [-0.1, -0.05) is 11.6 Å². The number of hydrogen-bond acceptors (Lipinski definition) is 4. The monoisotopic (exact) mass is 325 g/mol. The lowest BCUT2D eigenvalue weighted by molar-refractivity contribution is -0.158. The number of benzene rings is 1. The maximum Gasteiger partial charge on any atom is 0.334 e. The number of methoxy groups -OCH3 is 1. The molecule has 1 N–H and O–H groups in total. The lowest BCUT2D eigenvalue weighted by atomic mass is 10.1. The second kappa shape index (κ2) is 7.29. The van der Waals surface area contributed by atoms with Crippen LogP contribution in [0.1, 0.15) is 5.56 Å². The quantitative estimate of drug-likeness (QED) is 0.852. The highest BCUT2D eigenvalue weighted by molar-refractivity contribution is 6.30. The van der Waals surface area contributed by atoms with Gasteiger partial charge in [0.25, 0.3) is 0 Å². The Morgan fingerprint density at radius 2 is 2.27 bits per heavy atom. The topological polar surface area (TPSA) is 76.1 Å². The molecule has 1 aliphatic heterocycles. The molecule has 118 valence electrons. The lowest BCUT2D eigenvalue weighted by Crippen LogP contribution is -2.48. The molecule has 1 aromatic carbocycles. The average Bonchev–Trinajstić information content (AvgIpc) is 2.52. The lowest BCUT2D eigenvalue weighted by Gasteiger charge is -2.30. The average molecular weight is 326 g/mol. The molecule has 0 saturated carbocycles. The van der Waals surface area contributed by atoms with Gasteiger partial charge in [0.1, 0.15) is 5.75 Å². The fourth-order valence-electron chi connectivity index (χ4n) is 2.10. The van der Waals surface area contributed by atoms with Crippen molar-refractivity contribution in [1.82, 2.24) is 4.90 Å². The van der Waals surface area contributed by atoms with Crippen LogP contribution in [0.5, 0.6) is 5.75 Å². The van der Waals surface area contributed by atoms with E-state index in [1.165, 1.54) is 18.1 Å². The summed E-state index contributed by atoms with van der Waals surface area (Å²) in [5, 5.41) is 9.46. The van der Waals surface area contributed by atoms with Gasteiger partial charge < -0.3 is 19.5 Å². The van der Waals surface area contributed by atoms with Gasteiger partial charge in [-0.25, -0.2) is 4.79 Å². The number of carbonyl (C=O) groups excluding carboxylic acids is 1. The molecule has 0 bridgehead atoms. The van der Waals surface area contributed by atoms with E-state index in [1.807, 2.05) is 0 Å². The molecule has 0 spiro atoms. The maximum atomic E-state index is 12.1. The van der Waals surface area contributed by atoms with Crippen LogP contribution < -0.4 is 4.74 Å². The van der Waals surface area contributed by atoms with Gasteiger partial charge in [0.15, 0.2) is 6.10 Å². The summed E-state index contributed by atoms with van der Waals surface area (Å²) in [6, 6.07) is 5.09. The van der Waals surface area contributed by atoms with Crippen molar-refractivity contribution in [3.8, 4) is 5.75 Å². The van der Waals surface area contributed by atoms with E-state index in [9.17, 15) is 9.59 Å². The van der Waals surface area contributed by atoms with E-state index in [0.717, 1.165) is 0 Å². The second-order valence-electron chi connectivity index (χ2n) is 4.70. The molecule has 1 amide bonds. The van der Waals surface area contributed by atoms with Crippen molar-refractivity contribution in [3.05, 3.63) is 34.9 Å². The van der Waals surface area contributed by atoms with Crippen LogP contribution in [0.3, 0.4) is 0 Å². The molecule has 1 heterocycles. The molecule has 1 aromatic rings. The van der Waals surface area contributed by atoms with Gasteiger partial charge in [0.2, 0.25) is 5.91 Å². The van der Waals surface area contributed by atoms with E-state index in [2.05, 4.69) is 0 Å². The summed E-state index contributed by atoms with van der Waals surface area (Å²) in [4.78, 5) is 24.5. The first-order chi connectivity index (χ1) is 10.5. The molecule has 7 heteroatoms. The fourth-order valence-corrected chi connectivity index (χ4v) is 2.28. The molecular formula is C15H16ClNO5. The number of amides is 1. The number of halogens is 1. The normalized spacial score (nSPS) is 18.5. The van der Waals surface area contributed by atoms with Crippen molar-refractivity contribution in [2.75, 3.05) is 26.8 Å². The Bertz CT molecular complexity index is 602. The third kappa shape index (κ3) is 3.99. The van der Waals surface area contributed by atoms with Crippen LogP contribution >= 0.6 is 11.6 Å². The highest BCUT2D eigenvalue weighted by Crippen LogP contribution is 2.23. The number of carbonyl (C=O) groups is 2. The Kier molecular flexibility index (Phi) is 5.41.